The third-order valence-electron chi connectivity index (χ3n) is 3.69. The average molecular weight is 288 g/mol. The SMILES string of the molecule is CC(C)(C)NC(=O)N1CCC(C(=O)c2ccccc2)CC1. The zero-order valence-corrected chi connectivity index (χ0v) is 13.1. The molecule has 0 bridgehead atoms. The van der Waals surface area contributed by atoms with E-state index >= 15 is 0 Å². The highest BCUT2D eigenvalue weighted by molar-refractivity contribution is 5.97. The van der Waals surface area contributed by atoms with Crippen LogP contribution in [-0.2, 0) is 0 Å². The third-order valence-corrected chi connectivity index (χ3v) is 3.69. The fraction of sp³-hybridized carbons (Fsp3) is 0.529. The quantitative estimate of drug-likeness (QED) is 0.850. The Labute approximate surface area is 126 Å². The number of hydrogen-bond donors (Lipinski definition) is 1. The van der Waals surface area contributed by atoms with Crippen molar-refractivity contribution in [1.82, 2.24) is 10.2 Å². The molecule has 0 aliphatic carbocycles. The van der Waals surface area contributed by atoms with Crippen molar-refractivity contribution in [1.29, 1.82) is 0 Å². The van der Waals surface area contributed by atoms with E-state index in [0.717, 1.165) is 18.4 Å². The molecule has 0 unspecified atom stereocenters. The monoisotopic (exact) mass is 288 g/mol. The number of urea groups is 1. The van der Waals surface area contributed by atoms with Gasteiger partial charge in [0.2, 0.25) is 0 Å². The lowest BCUT2D eigenvalue weighted by molar-refractivity contribution is 0.0851. The summed E-state index contributed by atoms with van der Waals surface area (Å²) in [7, 11) is 0. The molecule has 1 fully saturated rings. The number of hydrogen-bond acceptors (Lipinski definition) is 2. The zero-order valence-electron chi connectivity index (χ0n) is 13.1. The van der Waals surface area contributed by atoms with Crippen LogP contribution in [0.3, 0.4) is 0 Å². The van der Waals surface area contributed by atoms with E-state index in [1.165, 1.54) is 0 Å². The molecule has 1 aromatic carbocycles. The first kappa shape index (κ1) is 15.5. The molecule has 21 heavy (non-hydrogen) atoms. The van der Waals surface area contributed by atoms with Gasteiger partial charge in [0, 0.05) is 30.1 Å². The van der Waals surface area contributed by atoms with Gasteiger partial charge in [-0.25, -0.2) is 4.79 Å². The maximum Gasteiger partial charge on any atom is 0.317 e. The lowest BCUT2D eigenvalue weighted by Gasteiger charge is -2.33. The Kier molecular flexibility index (Phi) is 4.66. The van der Waals surface area contributed by atoms with Gasteiger partial charge in [-0.2, -0.15) is 0 Å². The molecule has 1 aliphatic rings. The minimum Gasteiger partial charge on any atom is -0.333 e. The molecule has 0 radical (unpaired) electrons. The van der Waals surface area contributed by atoms with Gasteiger partial charge in [-0.1, -0.05) is 30.3 Å². The zero-order chi connectivity index (χ0) is 15.5. The van der Waals surface area contributed by atoms with Gasteiger partial charge in [-0.15, -0.1) is 0 Å². The number of rotatable bonds is 2. The maximum atomic E-state index is 12.4. The first-order valence-corrected chi connectivity index (χ1v) is 7.53. The van der Waals surface area contributed by atoms with Gasteiger partial charge in [-0.05, 0) is 33.6 Å². The van der Waals surface area contributed by atoms with E-state index in [9.17, 15) is 9.59 Å². The number of Topliss-reactive ketones (excluding diaryl/α,β-unsaturated/α-hetero) is 1. The molecule has 2 rings (SSSR count). The number of carbonyl (C=O) groups excluding carboxylic acids is 2. The van der Waals surface area contributed by atoms with E-state index in [1.54, 1.807) is 4.90 Å². The van der Waals surface area contributed by atoms with Crippen LogP contribution in [0.1, 0.15) is 44.0 Å². The van der Waals surface area contributed by atoms with E-state index in [2.05, 4.69) is 5.32 Å². The molecule has 1 saturated heterocycles. The molecule has 0 aromatic heterocycles. The predicted octanol–water partition coefficient (Wildman–Crippen LogP) is 3.09. The number of nitrogens with zero attached hydrogens (tertiary/aromatic N) is 1. The van der Waals surface area contributed by atoms with Crippen molar-refractivity contribution in [2.45, 2.75) is 39.2 Å². The molecule has 0 atom stereocenters. The lowest BCUT2D eigenvalue weighted by Crippen LogP contribution is -2.51. The summed E-state index contributed by atoms with van der Waals surface area (Å²) in [5.74, 6) is 0.234. The molecule has 0 saturated carbocycles. The summed E-state index contributed by atoms with van der Waals surface area (Å²) < 4.78 is 0. The van der Waals surface area contributed by atoms with Crippen molar-refractivity contribution >= 4 is 11.8 Å². The first-order valence-electron chi connectivity index (χ1n) is 7.53. The molecule has 2 amide bonds. The van der Waals surface area contributed by atoms with E-state index in [4.69, 9.17) is 0 Å². The number of ketones is 1. The van der Waals surface area contributed by atoms with Gasteiger partial charge in [-0.3, -0.25) is 4.79 Å². The lowest BCUT2D eigenvalue weighted by atomic mass is 9.89. The fourth-order valence-corrected chi connectivity index (χ4v) is 2.58. The molecular formula is C17H24N2O2. The van der Waals surface area contributed by atoms with Crippen LogP contribution in [0, 0.1) is 5.92 Å². The van der Waals surface area contributed by atoms with Crippen molar-refractivity contribution in [3.05, 3.63) is 35.9 Å². The normalized spacial score (nSPS) is 16.6. The number of benzene rings is 1. The van der Waals surface area contributed by atoms with Crippen LogP contribution in [0.4, 0.5) is 4.79 Å². The second kappa shape index (κ2) is 6.29. The van der Waals surface area contributed by atoms with Crippen molar-refractivity contribution in [2.24, 2.45) is 5.92 Å². The van der Waals surface area contributed by atoms with Crippen molar-refractivity contribution in [3.63, 3.8) is 0 Å². The van der Waals surface area contributed by atoms with Crippen LogP contribution in [-0.4, -0.2) is 35.3 Å². The van der Waals surface area contributed by atoms with E-state index in [1.807, 2.05) is 51.1 Å². The van der Waals surface area contributed by atoms with Crippen LogP contribution in [0.2, 0.25) is 0 Å². The highest BCUT2D eigenvalue weighted by Gasteiger charge is 2.28. The molecule has 0 spiro atoms. The van der Waals surface area contributed by atoms with Gasteiger partial charge in [0.05, 0.1) is 0 Å². The summed E-state index contributed by atoms with van der Waals surface area (Å²) in [6.07, 6.45) is 1.48. The van der Waals surface area contributed by atoms with Crippen molar-refractivity contribution in [3.8, 4) is 0 Å². The van der Waals surface area contributed by atoms with Gasteiger partial charge < -0.3 is 10.2 Å². The van der Waals surface area contributed by atoms with Crippen molar-refractivity contribution in [2.75, 3.05) is 13.1 Å². The molecule has 114 valence electrons. The molecular weight excluding hydrogens is 264 g/mol. The molecule has 1 aliphatic heterocycles. The summed E-state index contributed by atoms with van der Waals surface area (Å²) in [6.45, 7) is 7.19. The summed E-state index contributed by atoms with van der Waals surface area (Å²) in [4.78, 5) is 26.3. The topological polar surface area (TPSA) is 49.4 Å². The Morgan fingerprint density at radius 3 is 2.19 bits per heavy atom. The van der Waals surface area contributed by atoms with Crippen LogP contribution in [0.25, 0.3) is 0 Å². The Bertz CT molecular complexity index is 497. The summed E-state index contributed by atoms with van der Waals surface area (Å²) in [5, 5.41) is 2.97. The van der Waals surface area contributed by atoms with Gasteiger partial charge in [0.1, 0.15) is 0 Å². The van der Waals surface area contributed by atoms with Crippen LogP contribution in [0.15, 0.2) is 30.3 Å². The summed E-state index contributed by atoms with van der Waals surface area (Å²) >= 11 is 0. The number of piperidine rings is 1. The number of likely N-dealkylation sites (tertiary alicyclic amines) is 1. The van der Waals surface area contributed by atoms with Crippen molar-refractivity contribution < 1.29 is 9.59 Å². The van der Waals surface area contributed by atoms with Crippen LogP contribution < -0.4 is 5.32 Å². The summed E-state index contributed by atoms with van der Waals surface area (Å²) in [5.41, 5.74) is 0.545. The van der Waals surface area contributed by atoms with Gasteiger partial charge in [0.15, 0.2) is 5.78 Å². The second-order valence-corrected chi connectivity index (χ2v) is 6.67. The Morgan fingerprint density at radius 1 is 1.10 bits per heavy atom. The Balaban J connectivity index is 1.89. The fourth-order valence-electron chi connectivity index (χ4n) is 2.58. The van der Waals surface area contributed by atoms with E-state index in [0.29, 0.717) is 13.1 Å². The van der Waals surface area contributed by atoms with Crippen LogP contribution in [0.5, 0.6) is 0 Å². The predicted molar refractivity (Wildman–Crippen MR) is 83.4 cm³/mol. The Morgan fingerprint density at radius 2 is 1.67 bits per heavy atom. The van der Waals surface area contributed by atoms with E-state index < -0.39 is 0 Å². The molecule has 1 N–H and O–H groups in total. The first-order chi connectivity index (χ1) is 9.87. The molecule has 4 heteroatoms. The number of amides is 2. The Hall–Kier alpha value is -1.84. The van der Waals surface area contributed by atoms with E-state index in [-0.39, 0.29) is 23.3 Å². The highest BCUT2D eigenvalue weighted by Crippen LogP contribution is 2.22. The smallest absolute Gasteiger partial charge is 0.317 e. The third kappa shape index (κ3) is 4.31. The standard InChI is InChI=1S/C17H24N2O2/c1-17(2,3)18-16(21)19-11-9-14(10-12-19)15(20)13-7-5-4-6-8-13/h4-8,14H,9-12H2,1-3H3,(H,18,21). The molecule has 1 heterocycles. The molecule has 4 nitrogen and oxygen atoms in total. The summed E-state index contributed by atoms with van der Waals surface area (Å²) in [6, 6.07) is 9.38. The number of carbonyl (C=O) groups is 2. The second-order valence-electron chi connectivity index (χ2n) is 6.67. The molecule has 1 aromatic rings. The average Bonchev–Trinajstić information content (AvgIpc) is 2.46. The van der Waals surface area contributed by atoms with Gasteiger partial charge in [0.25, 0.3) is 0 Å². The van der Waals surface area contributed by atoms with Crippen LogP contribution >= 0.6 is 0 Å². The largest absolute Gasteiger partial charge is 0.333 e. The maximum absolute atomic E-state index is 12.4. The minimum absolute atomic E-state index is 0.0334. The number of nitrogens with one attached hydrogen (secondary N) is 1. The van der Waals surface area contributed by atoms with Gasteiger partial charge >= 0.3 is 6.03 Å². The minimum atomic E-state index is -0.228. The highest BCUT2D eigenvalue weighted by atomic mass is 16.2.